The Morgan fingerprint density at radius 3 is 2.04 bits per heavy atom. The van der Waals surface area contributed by atoms with Crippen LogP contribution in [0, 0.1) is 0 Å². The lowest BCUT2D eigenvalue weighted by molar-refractivity contribution is 0.415. The number of benzene rings is 3. The molecule has 3 aromatic rings. The number of ether oxygens (including phenoxy) is 1. The van der Waals surface area contributed by atoms with E-state index in [1.165, 1.54) is 27.8 Å². The van der Waals surface area contributed by atoms with Crippen molar-refractivity contribution in [2.75, 3.05) is 7.11 Å². The van der Waals surface area contributed by atoms with E-state index in [9.17, 15) is 0 Å². The van der Waals surface area contributed by atoms with Crippen LogP contribution < -0.4 is 4.74 Å². The summed E-state index contributed by atoms with van der Waals surface area (Å²) in [5.41, 5.74) is 7.75. The molecule has 25 heavy (non-hydrogen) atoms. The Bertz CT molecular complexity index is 906. The molecule has 0 radical (unpaired) electrons. The van der Waals surface area contributed by atoms with Crippen LogP contribution in [-0.2, 0) is 12.8 Å². The third-order valence-electron chi connectivity index (χ3n) is 4.76. The fraction of sp³-hybridized carbons (Fsp3) is 0.130. The molecule has 4 rings (SSSR count). The summed E-state index contributed by atoms with van der Waals surface area (Å²) in [6.07, 6.45) is 4.37. The van der Waals surface area contributed by atoms with E-state index in [1.807, 2.05) is 18.2 Å². The number of hydrogen-bond acceptors (Lipinski definition) is 1. The van der Waals surface area contributed by atoms with Crippen molar-refractivity contribution in [3.05, 3.63) is 99.6 Å². The van der Waals surface area contributed by atoms with Gasteiger partial charge in [-0.15, -0.1) is 0 Å². The SMILES string of the molecule is COc1cc(C=C2c3ccccc3CCc3ccccc32)ccc1Cl. The van der Waals surface area contributed by atoms with Gasteiger partial charge in [-0.25, -0.2) is 0 Å². The largest absolute Gasteiger partial charge is 0.495 e. The van der Waals surface area contributed by atoms with Crippen molar-refractivity contribution in [2.24, 2.45) is 0 Å². The molecule has 0 spiro atoms. The van der Waals surface area contributed by atoms with E-state index in [-0.39, 0.29) is 0 Å². The van der Waals surface area contributed by atoms with Gasteiger partial charge in [-0.3, -0.25) is 0 Å². The van der Waals surface area contributed by atoms with Gasteiger partial charge < -0.3 is 4.74 Å². The average molecular weight is 347 g/mol. The van der Waals surface area contributed by atoms with Crippen LogP contribution in [0.15, 0.2) is 66.7 Å². The van der Waals surface area contributed by atoms with Gasteiger partial charge in [0.2, 0.25) is 0 Å². The molecular formula is C23H19ClO. The molecule has 3 aromatic carbocycles. The van der Waals surface area contributed by atoms with Crippen LogP contribution in [0.4, 0.5) is 0 Å². The van der Waals surface area contributed by atoms with Crippen molar-refractivity contribution in [1.29, 1.82) is 0 Å². The molecule has 0 fully saturated rings. The lowest BCUT2D eigenvalue weighted by Crippen LogP contribution is -1.92. The molecule has 0 saturated carbocycles. The summed E-state index contributed by atoms with van der Waals surface area (Å²) in [5, 5.41) is 0.631. The fourth-order valence-corrected chi connectivity index (χ4v) is 3.70. The molecule has 1 aliphatic carbocycles. The van der Waals surface area contributed by atoms with Gasteiger partial charge in [0.05, 0.1) is 12.1 Å². The highest BCUT2D eigenvalue weighted by atomic mass is 35.5. The zero-order valence-electron chi connectivity index (χ0n) is 14.1. The topological polar surface area (TPSA) is 9.23 Å². The van der Waals surface area contributed by atoms with Crippen molar-refractivity contribution < 1.29 is 4.74 Å². The summed E-state index contributed by atoms with van der Waals surface area (Å²) in [6, 6.07) is 23.3. The number of fused-ring (bicyclic) bond motifs is 2. The van der Waals surface area contributed by atoms with Crippen LogP contribution >= 0.6 is 11.6 Å². The maximum atomic E-state index is 6.18. The Kier molecular flexibility index (Phi) is 4.33. The highest BCUT2D eigenvalue weighted by Gasteiger charge is 2.17. The second-order valence-electron chi connectivity index (χ2n) is 6.27. The van der Waals surface area contributed by atoms with Gasteiger partial charge in [0.1, 0.15) is 5.75 Å². The maximum Gasteiger partial charge on any atom is 0.138 e. The van der Waals surface area contributed by atoms with Crippen LogP contribution in [0.3, 0.4) is 0 Å². The zero-order chi connectivity index (χ0) is 17.2. The van der Waals surface area contributed by atoms with Gasteiger partial charge in [0.25, 0.3) is 0 Å². The second-order valence-corrected chi connectivity index (χ2v) is 6.67. The molecule has 2 heteroatoms. The van der Waals surface area contributed by atoms with Gasteiger partial charge in [-0.1, -0.05) is 66.2 Å². The van der Waals surface area contributed by atoms with Crippen molar-refractivity contribution in [2.45, 2.75) is 12.8 Å². The van der Waals surface area contributed by atoms with Gasteiger partial charge in [-0.2, -0.15) is 0 Å². The minimum atomic E-state index is 0.631. The first-order valence-electron chi connectivity index (χ1n) is 8.48. The monoisotopic (exact) mass is 346 g/mol. The molecule has 0 unspecified atom stereocenters. The molecule has 0 amide bonds. The maximum absolute atomic E-state index is 6.18. The normalized spacial score (nSPS) is 12.8. The third kappa shape index (κ3) is 3.08. The van der Waals surface area contributed by atoms with E-state index in [1.54, 1.807) is 7.11 Å². The summed E-state index contributed by atoms with van der Waals surface area (Å²) in [5.74, 6) is 0.700. The number of methoxy groups -OCH3 is 1. The Morgan fingerprint density at radius 1 is 0.840 bits per heavy atom. The van der Waals surface area contributed by atoms with E-state index in [4.69, 9.17) is 16.3 Å². The molecule has 0 aromatic heterocycles. The molecular weight excluding hydrogens is 328 g/mol. The van der Waals surface area contributed by atoms with E-state index in [2.05, 4.69) is 54.6 Å². The molecule has 0 aliphatic heterocycles. The van der Waals surface area contributed by atoms with Crippen LogP contribution in [0.1, 0.15) is 27.8 Å². The van der Waals surface area contributed by atoms with Gasteiger partial charge in [0.15, 0.2) is 0 Å². The molecule has 0 atom stereocenters. The van der Waals surface area contributed by atoms with Gasteiger partial charge >= 0.3 is 0 Å². The predicted molar refractivity (Wildman–Crippen MR) is 105 cm³/mol. The smallest absolute Gasteiger partial charge is 0.138 e. The zero-order valence-corrected chi connectivity index (χ0v) is 14.9. The molecule has 0 bridgehead atoms. The lowest BCUT2D eigenvalue weighted by Gasteiger charge is -2.12. The van der Waals surface area contributed by atoms with E-state index in [0.717, 1.165) is 18.4 Å². The summed E-state index contributed by atoms with van der Waals surface area (Å²) in [4.78, 5) is 0. The Balaban J connectivity index is 1.93. The molecule has 0 heterocycles. The molecule has 0 saturated heterocycles. The Labute approximate surface area is 153 Å². The number of halogens is 1. The van der Waals surface area contributed by atoms with Crippen molar-refractivity contribution in [1.82, 2.24) is 0 Å². The quantitative estimate of drug-likeness (QED) is 0.550. The number of aryl methyl sites for hydroxylation is 2. The molecule has 1 aliphatic rings. The average Bonchev–Trinajstić information content (AvgIpc) is 2.81. The fourth-order valence-electron chi connectivity index (χ4n) is 3.50. The van der Waals surface area contributed by atoms with E-state index < -0.39 is 0 Å². The van der Waals surface area contributed by atoms with Gasteiger partial charge in [-0.05, 0) is 64.4 Å². The molecule has 0 N–H and O–H groups in total. The first kappa shape index (κ1) is 16.0. The highest BCUT2D eigenvalue weighted by molar-refractivity contribution is 6.32. The Morgan fingerprint density at radius 2 is 1.44 bits per heavy atom. The Hall–Kier alpha value is -2.51. The molecule has 124 valence electrons. The van der Waals surface area contributed by atoms with Crippen molar-refractivity contribution in [3.8, 4) is 5.75 Å². The van der Waals surface area contributed by atoms with Crippen molar-refractivity contribution in [3.63, 3.8) is 0 Å². The first-order chi connectivity index (χ1) is 12.3. The second kappa shape index (κ2) is 6.78. The van der Waals surface area contributed by atoms with Crippen LogP contribution in [0.2, 0.25) is 5.02 Å². The number of rotatable bonds is 2. The number of hydrogen-bond donors (Lipinski definition) is 0. The summed E-state index contributed by atoms with van der Waals surface area (Å²) in [6.45, 7) is 0. The predicted octanol–water partition coefficient (Wildman–Crippen LogP) is 6.04. The van der Waals surface area contributed by atoms with E-state index in [0.29, 0.717) is 10.8 Å². The van der Waals surface area contributed by atoms with E-state index >= 15 is 0 Å². The third-order valence-corrected chi connectivity index (χ3v) is 5.08. The summed E-state index contributed by atoms with van der Waals surface area (Å²) in [7, 11) is 1.65. The first-order valence-corrected chi connectivity index (χ1v) is 8.86. The lowest BCUT2D eigenvalue weighted by atomic mass is 9.92. The van der Waals surface area contributed by atoms with Crippen LogP contribution in [0.25, 0.3) is 11.6 Å². The standard InChI is InChI=1S/C23H19ClO/c1-25-23-15-16(10-13-22(23)24)14-21-19-8-4-2-6-17(19)11-12-18-7-3-5-9-20(18)21/h2-10,13-15H,11-12H2,1H3. The highest BCUT2D eigenvalue weighted by Crippen LogP contribution is 2.35. The summed E-state index contributed by atoms with van der Waals surface area (Å²) >= 11 is 6.18. The van der Waals surface area contributed by atoms with Crippen LogP contribution in [0.5, 0.6) is 5.75 Å². The minimum Gasteiger partial charge on any atom is -0.495 e. The van der Waals surface area contributed by atoms with Gasteiger partial charge in [0, 0.05) is 0 Å². The summed E-state index contributed by atoms with van der Waals surface area (Å²) < 4.78 is 5.38. The molecule has 1 nitrogen and oxygen atoms in total. The minimum absolute atomic E-state index is 0.631. The van der Waals surface area contributed by atoms with Crippen molar-refractivity contribution >= 4 is 23.3 Å². The van der Waals surface area contributed by atoms with Crippen LogP contribution in [-0.4, -0.2) is 7.11 Å².